The van der Waals surface area contributed by atoms with Gasteiger partial charge in [-0.3, -0.25) is 14.9 Å². The molecule has 8 heteroatoms. The van der Waals surface area contributed by atoms with E-state index >= 15 is 0 Å². The highest BCUT2D eigenvalue weighted by Gasteiger charge is 2.24. The van der Waals surface area contributed by atoms with E-state index in [2.05, 4.69) is 16.4 Å². The highest BCUT2D eigenvalue weighted by molar-refractivity contribution is 6.05. The summed E-state index contributed by atoms with van der Waals surface area (Å²) in [6.45, 7) is 5.63. The highest BCUT2D eigenvalue weighted by Crippen LogP contribution is 2.32. The molecular formula is C27H26N4O4. The number of nitrogens with zero attached hydrogens (tertiary/aromatic N) is 3. The molecule has 35 heavy (non-hydrogen) atoms. The van der Waals surface area contributed by atoms with Gasteiger partial charge < -0.3 is 14.6 Å². The number of aromatic nitrogens is 1. The molecule has 8 nitrogen and oxygen atoms in total. The molecule has 1 aliphatic rings. The molecule has 1 aromatic heterocycles. The van der Waals surface area contributed by atoms with Crippen molar-refractivity contribution in [3.63, 3.8) is 0 Å². The number of aryl methyl sites for hydroxylation is 2. The Bertz CT molecular complexity index is 1420. The summed E-state index contributed by atoms with van der Waals surface area (Å²) >= 11 is 0. The summed E-state index contributed by atoms with van der Waals surface area (Å²) in [6, 6.07) is 16.2. The molecule has 1 fully saturated rings. The van der Waals surface area contributed by atoms with E-state index in [1.165, 1.54) is 6.07 Å². The van der Waals surface area contributed by atoms with E-state index in [1.807, 2.05) is 36.9 Å². The Hall–Kier alpha value is -4.20. The summed E-state index contributed by atoms with van der Waals surface area (Å²) in [7, 11) is 0. The predicted molar refractivity (Wildman–Crippen MR) is 135 cm³/mol. The first kappa shape index (κ1) is 22.6. The smallest absolute Gasteiger partial charge is 0.293 e. The van der Waals surface area contributed by atoms with Crippen molar-refractivity contribution in [2.75, 3.05) is 23.3 Å². The fourth-order valence-corrected chi connectivity index (χ4v) is 4.62. The Balaban J connectivity index is 1.29. The maximum Gasteiger partial charge on any atom is 0.293 e. The number of carbonyl (C=O) groups excluding carboxylic acids is 1. The van der Waals surface area contributed by atoms with Crippen LogP contribution in [0.15, 0.2) is 59.0 Å². The van der Waals surface area contributed by atoms with Gasteiger partial charge in [0.2, 0.25) is 0 Å². The Morgan fingerprint density at radius 1 is 1.09 bits per heavy atom. The van der Waals surface area contributed by atoms with Gasteiger partial charge in [0, 0.05) is 36.8 Å². The minimum atomic E-state index is -0.422. The van der Waals surface area contributed by atoms with E-state index in [0.717, 1.165) is 53.7 Å². The van der Waals surface area contributed by atoms with Crippen LogP contribution in [0.2, 0.25) is 0 Å². The number of oxazole rings is 1. The van der Waals surface area contributed by atoms with Gasteiger partial charge in [-0.2, -0.15) is 0 Å². The molecular weight excluding hydrogens is 444 g/mol. The molecule has 3 aromatic carbocycles. The molecule has 5 rings (SSSR count). The monoisotopic (exact) mass is 470 g/mol. The molecule has 0 radical (unpaired) electrons. The van der Waals surface area contributed by atoms with Crippen molar-refractivity contribution in [3.05, 3.63) is 92.9 Å². The number of hydrogen-bond acceptors (Lipinski definition) is 6. The first-order chi connectivity index (χ1) is 16.9. The second kappa shape index (κ2) is 9.21. The number of nitro benzene ring substituents is 1. The third-order valence-electron chi connectivity index (χ3n) is 6.31. The van der Waals surface area contributed by atoms with Gasteiger partial charge in [0.05, 0.1) is 4.92 Å². The Labute approximate surface area is 202 Å². The number of carbonyl (C=O) groups is 1. The lowest BCUT2D eigenvalue weighted by Crippen LogP contribution is -2.19. The Morgan fingerprint density at radius 2 is 1.83 bits per heavy atom. The van der Waals surface area contributed by atoms with E-state index in [-0.39, 0.29) is 11.3 Å². The number of nitro groups is 1. The van der Waals surface area contributed by atoms with Crippen LogP contribution in [-0.4, -0.2) is 28.9 Å². The Kier molecular flexibility index (Phi) is 5.94. The van der Waals surface area contributed by atoms with E-state index in [9.17, 15) is 14.9 Å². The standard InChI is InChI=1S/C27H26N4O4/c1-17-13-18(2)26-22(14-17)29-25(35-26)15-19-5-8-21(9-6-19)28-27(32)20-7-10-23(24(16-20)31(33)34)30-11-3-4-12-30/h5-10,13-14,16H,3-4,11-12,15H2,1-2H3,(H,28,32). The van der Waals surface area contributed by atoms with Crippen molar-refractivity contribution in [2.45, 2.75) is 33.1 Å². The van der Waals surface area contributed by atoms with Crippen LogP contribution in [0.4, 0.5) is 17.1 Å². The third-order valence-corrected chi connectivity index (χ3v) is 6.31. The van der Waals surface area contributed by atoms with Crippen molar-refractivity contribution in [2.24, 2.45) is 0 Å². The van der Waals surface area contributed by atoms with Crippen LogP contribution < -0.4 is 10.2 Å². The number of amides is 1. The summed E-state index contributed by atoms with van der Waals surface area (Å²) in [5, 5.41) is 14.5. The first-order valence-electron chi connectivity index (χ1n) is 11.7. The molecule has 4 aromatic rings. The molecule has 0 atom stereocenters. The highest BCUT2D eigenvalue weighted by atomic mass is 16.6. The third kappa shape index (κ3) is 4.73. The van der Waals surface area contributed by atoms with Crippen LogP contribution in [0.5, 0.6) is 0 Å². The topological polar surface area (TPSA) is 102 Å². The molecule has 2 heterocycles. The minimum absolute atomic E-state index is 0.0429. The fourth-order valence-electron chi connectivity index (χ4n) is 4.62. The second-order valence-electron chi connectivity index (χ2n) is 9.02. The number of fused-ring (bicyclic) bond motifs is 1. The number of hydrogen-bond donors (Lipinski definition) is 1. The van der Waals surface area contributed by atoms with Crippen LogP contribution >= 0.6 is 0 Å². The van der Waals surface area contributed by atoms with Gasteiger partial charge in [-0.1, -0.05) is 18.2 Å². The SMILES string of the molecule is Cc1cc(C)c2oc(Cc3ccc(NC(=O)c4ccc(N5CCCC5)c([N+](=O)[O-])c4)cc3)nc2c1. The summed E-state index contributed by atoms with van der Waals surface area (Å²) < 4.78 is 5.95. The van der Waals surface area contributed by atoms with Crippen molar-refractivity contribution >= 4 is 34.1 Å². The van der Waals surface area contributed by atoms with Gasteiger partial charge in [-0.25, -0.2) is 4.98 Å². The van der Waals surface area contributed by atoms with Crippen LogP contribution in [0.3, 0.4) is 0 Å². The number of benzene rings is 3. The van der Waals surface area contributed by atoms with Gasteiger partial charge in [-0.15, -0.1) is 0 Å². The lowest BCUT2D eigenvalue weighted by molar-refractivity contribution is -0.384. The minimum Gasteiger partial charge on any atom is -0.440 e. The van der Waals surface area contributed by atoms with Crippen LogP contribution in [0.25, 0.3) is 11.1 Å². The Morgan fingerprint density at radius 3 is 2.54 bits per heavy atom. The molecule has 178 valence electrons. The van der Waals surface area contributed by atoms with Crippen LogP contribution in [0, 0.1) is 24.0 Å². The summed E-state index contributed by atoms with van der Waals surface area (Å²) in [5.41, 5.74) is 6.24. The summed E-state index contributed by atoms with van der Waals surface area (Å²) in [4.78, 5) is 30.6. The first-order valence-corrected chi connectivity index (χ1v) is 11.7. The van der Waals surface area contributed by atoms with Crippen LogP contribution in [0.1, 0.15) is 45.8 Å². The molecule has 1 saturated heterocycles. The summed E-state index contributed by atoms with van der Waals surface area (Å²) in [5.74, 6) is 0.245. The van der Waals surface area contributed by atoms with E-state index < -0.39 is 10.8 Å². The van der Waals surface area contributed by atoms with Crippen LogP contribution in [-0.2, 0) is 6.42 Å². The maximum atomic E-state index is 12.8. The zero-order valence-electron chi connectivity index (χ0n) is 19.7. The quantitative estimate of drug-likeness (QED) is 0.282. The predicted octanol–water partition coefficient (Wildman–Crippen LogP) is 5.80. The van der Waals surface area contributed by atoms with E-state index in [0.29, 0.717) is 23.7 Å². The van der Waals surface area contributed by atoms with E-state index in [4.69, 9.17) is 4.42 Å². The average Bonchev–Trinajstić information content (AvgIpc) is 3.50. The van der Waals surface area contributed by atoms with Gasteiger partial charge in [0.25, 0.3) is 11.6 Å². The molecule has 0 spiro atoms. The molecule has 0 aliphatic carbocycles. The maximum absolute atomic E-state index is 12.8. The van der Waals surface area contributed by atoms with Gasteiger partial charge in [0.15, 0.2) is 11.5 Å². The molecule has 1 amide bonds. The van der Waals surface area contributed by atoms with Crippen molar-refractivity contribution in [3.8, 4) is 0 Å². The largest absolute Gasteiger partial charge is 0.440 e. The summed E-state index contributed by atoms with van der Waals surface area (Å²) in [6.07, 6.45) is 2.56. The molecule has 1 N–H and O–H groups in total. The number of rotatable bonds is 6. The lowest BCUT2D eigenvalue weighted by Gasteiger charge is -2.17. The number of anilines is 2. The van der Waals surface area contributed by atoms with Gasteiger partial charge >= 0.3 is 0 Å². The van der Waals surface area contributed by atoms with Gasteiger partial charge in [0.1, 0.15) is 11.2 Å². The van der Waals surface area contributed by atoms with Crippen molar-refractivity contribution in [1.82, 2.24) is 4.98 Å². The van der Waals surface area contributed by atoms with E-state index in [1.54, 1.807) is 24.3 Å². The second-order valence-corrected chi connectivity index (χ2v) is 9.02. The molecule has 0 saturated carbocycles. The zero-order chi connectivity index (χ0) is 24.5. The van der Waals surface area contributed by atoms with Crippen molar-refractivity contribution < 1.29 is 14.1 Å². The molecule has 0 bridgehead atoms. The average molecular weight is 471 g/mol. The van der Waals surface area contributed by atoms with Crippen molar-refractivity contribution in [1.29, 1.82) is 0 Å². The molecule has 1 aliphatic heterocycles. The van der Waals surface area contributed by atoms with Gasteiger partial charge in [-0.05, 0) is 73.7 Å². The normalized spacial score (nSPS) is 13.4. The molecule has 0 unspecified atom stereocenters. The zero-order valence-corrected chi connectivity index (χ0v) is 19.7. The number of nitrogens with one attached hydrogen (secondary N) is 1. The lowest BCUT2D eigenvalue weighted by atomic mass is 10.1. The fraction of sp³-hybridized carbons (Fsp3) is 0.259.